The molecule has 1 aromatic carbocycles. The van der Waals surface area contributed by atoms with Crippen molar-refractivity contribution in [1.82, 2.24) is 5.32 Å². The Labute approximate surface area is 135 Å². The molecule has 1 amide bonds. The van der Waals surface area contributed by atoms with Crippen LogP contribution in [0.5, 0.6) is 5.75 Å². The SMILES string of the molecule is CC(C)Oc1ccc(C(C)NC(=O)[C@@H]2CC[C@H](C(=O)O)O2)cc1. The van der Waals surface area contributed by atoms with Crippen molar-refractivity contribution in [2.45, 2.75) is 58.0 Å². The standard InChI is InChI=1S/C17H23NO5/c1-10(2)22-13-6-4-12(5-7-13)11(3)18-16(19)14-8-9-15(23-14)17(20)21/h4-7,10-11,14-15H,8-9H2,1-3H3,(H,18,19)(H,20,21)/t11?,14-,15+/m0/s1. The predicted octanol–water partition coefficient (Wildman–Crippen LogP) is 2.28. The van der Waals surface area contributed by atoms with Gasteiger partial charge in [0, 0.05) is 0 Å². The van der Waals surface area contributed by atoms with Crippen LogP contribution < -0.4 is 10.1 Å². The van der Waals surface area contributed by atoms with Crippen molar-refractivity contribution in [1.29, 1.82) is 0 Å². The van der Waals surface area contributed by atoms with E-state index in [1.54, 1.807) is 0 Å². The first-order valence-corrected chi connectivity index (χ1v) is 7.82. The van der Waals surface area contributed by atoms with Crippen LogP contribution in [-0.2, 0) is 14.3 Å². The van der Waals surface area contributed by atoms with Gasteiger partial charge in [-0.15, -0.1) is 0 Å². The van der Waals surface area contributed by atoms with Crippen molar-refractivity contribution in [3.8, 4) is 5.75 Å². The number of ether oxygens (including phenoxy) is 2. The minimum absolute atomic E-state index is 0.111. The van der Waals surface area contributed by atoms with E-state index in [9.17, 15) is 9.59 Å². The minimum atomic E-state index is -1.02. The first-order chi connectivity index (χ1) is 10.9. The van der Waals surface area contributed by atoms with Crippen LogP contribution in [0.1, 0.15) is 45.2 Å². The van der Waals surface area contributed by atoms with Gasteiger partial charge in [0.25, 0.3) is 0 Å². The molecule has 2 N–H and O–H groups in total. The fourth-order valence-corrected chi connectivity index (χ4v) is 2.51. The van der Waals surface area contributed by atoms with Crippen LogP contribution in [0.15, 0.2) is 24.3 Å². The number of carbonyl (C=O) groups is 2. The number of rotatable bonds is 6. The lowest BCUT2D eigenvalue weighted by Gasteiger charge is -2.18. The lowest BCUT2D eigenvalue weighted by molar-refractivity contribution is -0.151. The van der Waals surface area contributed by atoms with E-state index in [2.05, 4.69) is 5.32 Å². The number of carboxylic acids is 1. The fourth-order valence-electron chi connectivity index (χ4n) is 2.51. The summed E-state index contributed by atoms with van der Waals surface area (Å²) in [4.78, 5) is 23.0. The van der Waals surface area contributed by atoms with Crippen LogP contribution in [0.4, 0.5) is 0 Å². The highest BCUT2D eigenvalue weighted by molar-refractivity contribution is 5.83. The summed E-state index contributed by atoms with van der Waals surface area (Å²) < 4.78 is 10.8. The number of nitrogens with one attached hydrogen (secondary N) is 1. The smallest absolute Gasteiger partial charge is 0.332 e. The Hall–Kier alpha value is -2.08. The molecule has 1 heterocycles. The van der Waals surface area contributed by atoms with Crippen LogP contribution in [0.25, 0.3) is 0 Å². The third-order valence-electron chi connectivity index (χ3n) is 3.70. The van der Waals surface area contributed by atoms with Crippen LogP contribution >= 0.6 is 0 Å². The van der Waals surface area contributed by atoms with Gasteiger partial charge in [-0.2, -0.15) is 0 Å². The van der Waals surface area contributed by atoms with Gasteiger partial charge in [-0.05, 0) is 51.3 Å². The lowest BCUT2D eigenvalue weighted by atomic mass is 10.1. The van der Waals surface area contributed by atoms with Crippen molar-refractivity contribution in [3.63, 3.8) is 0 Å². The van der Waals surface area contributed by atoms with Gasteiger partial charge in [0.2, 0.25) is 5.91 Å². The van der Waals surface area contributed by atoms with Gasteiger partial charge < -0.3 is 19.9 Å². The molecular formula is C17H23NO5. The zero-order chi connectivity index (χ0) is 17.0. The van der Waals surface area contributed by atoms with Crippen LogP contribution in [0.2, 0.25) is 0 Å². The van der Waals surface area contributed by atoms with E-state index in [4.69, 9.17) is 14.6 Å². The summed E-state index contributed by atoms with van der Waals surface area (Å²) in [5.41, 5.74) is 0.947. The quantitative estimate of drug-likeness (QED) is 0.839. The summed E-state index contributed by atoms with van der Waals surface area (Å²) in [6.07, 6.45) is -0.671. The number of aliphatic carboxylic acids is 1. The van der Waals surface area contributed by atoms with E-state index >= 15 is 0 Å². The Morgan fingerprint density at radius 3 is 2.30 bits per heavy atom. The third kappa shape index (κ3) is 4.69. The van der Waals surface area contributed by atoms with Crippen molar-refractivity contribution in [3.05, 3.63) is 29.8 Å². The van der Waals surface area contributed by atoms with Gasteiger partial charge in [-0.25, -0.2) is 4.79 Å². The summed E-state index contributed by atoms with van der Waals surface area (Å²) in [5, 5.41) is 11.8. The minimum Gasteiger partial charge on any atom is -0.491 e. The van der Waals surface area contributed by atoms with Crippen LogP contribution in [-0.4, -0.2) is 35.3 Å². The molecule has 23 heavy (non-hydrogen) atoms. The van der Waals surface area contributed by atoms with E-state index in [1.807, 2.05) is 45.0 Å². The summed E-state index contributed by atoms with van der Waals surface area (Å²) in [5.74, 6) is -0.511. The average molecular weight is 321 g/mol. The predicted molar refractivity (Wildman–Crippen MR) is 84.3 cm³/mol. The molecule has 1 unspecified atom stereocenters. The number of hydrogen-bond donors (Lipinski definition) is 2. The molecule has 1 aliphatic rings. The van der Waals surface area contributed by atoms with Crippen molar-refractivity contribution >= 4 is 11.9 Å². The average Bonchev–Trinajstić information content (AvgIpc) is 2.97. The van der Waals surface area contributed by atoms with E-state index in [0.717, 1.165) is 11.3 Å². The summed E-state index contributed by atoms with van der Waals surface area (Å²) in [7, 11) is 0. The molecule has 0 aliphatic carbocycles. The maximum atomic E-state index is 12.2. The molecule has 126 valence electrons. The van der Waals surface area contributed by atoms with Crippen LogP contribution in [0.3, 0.4) is 0 Å². The molecule has 0 spiro atoms. The Morgan fingerprint density at radius 1 is 1.17 bits per heavy atom. The van der Waals surface area contributed by atoms with Gasteiger partial charge in [-0.1, -0.05) is 12.1 Å². The summed E-state index contributed by atoms with van der Waals surface area (Å²) in [6, 6.07) is 7.34. The largest absolute Gasteiger partial charge is 0.491 e. The molecule has 1 fully saturated rings. The lowest BCUT2D eigenvalue weighted by Crippen LogP contribution is -2.37. The van der Waals surface area contributed by atoms with Crippen molar-refractivity contribution in [2.24, 2.45) is 0 Å². The monoisotopic (exact) mass is 321 g/mol. The zero-order valence-electron chi connectivity index (χ0n) is 13.6. The topological polar surface area (TPSA) is 84.9 Å². The maximum Gasteiger partial charge on any atom is 0.332 e. The van der Waals surface area contributed by atoms with Gasteiger partial charge in [0.1, 0.15) is 11.9 Å². The molecule has 1 aromatic rings. The Balaban J connectivity index is 1.90. The van der Waals surface area contributed by atoms with Gasteiger partial charge in [-0.3, -0.25) is 4.79 Å². The first kappa shape index (κ1) is 17.3. The third-order valence-corrected chi connectivity index (χ3v) is 3.70. The Morgan fingerprint density at radius 2 is 1.78 bits per heavy atom. The highest BCUT2D eigenvalue weighted by Crippen LogP contribution is 2.22. The molecule has 0 aromatic heterocycles. The van der Waals surface area contributed by atoms with E-state index in [0.29, 0.717) is 12.8 Å². The highest BCUT2D eigenvalue weighted by atomic mass is 16.5. The van der Waals surface area contributed by atoms with E-state index in [1.165, 1.54) is 0 Å². The number of carboxylic acid groups (broad SMARTS) is 1. The second kappa shape index (κ2) is 7.46. The Kier molecular flexibility index (Phi) is 5.60. The molecule has 2 rings (SSSR count). The molecular weight excluding hydrogens is 298 g/mol. The molecule has 1 saturated heterocycles. The molecule has 0 saturated carbocycles. The van der Waals surface area contributed by atoms with Gasteiger partial charge >= 0.3 is 5.97 Å². The number of carbonyl (C=O) groups excluding carboxylic acids is 1. The second-order valence-corrected chi connectivity index (χ2v) is 5.99. The summed E-state index contributed by atoms with van der Waals surface area (Å²) in [6.45, 7) is 5.80. The zero-order valence-corrected chi connectivity index (χ0v) is 13.6. The summed E-state index contributed by atoms with van der Waals surface area (Å²) >= 11 is 0. The molecule has 0 bridgehead atoms. The van der Waals surface area contributed by atoms with Crippen LogP contribution in [0, 0.1) is 0 Å². The Bertz CT molecular complexity index is 555. The molecule has 6 nitrogen and oxygen atoms in total. The fraction of sp³-hybridized carbons (Fsp3) is 0.529. The number of amides is 1. The number of benzene rings is 1. The number of hydrogen-bond acceptors (Lipinski definition) is 4. The molecule has 6 heteroatoms. The van der Waals surface area contributed by atoms with Crippen molar-refractivity contribution in [2.75, 3.05) is 0 Å². The first-order valence-electron chi connectivity index (χ1n) is 7.82. The molecule has 3 atom stereocenters. The maximum absolute atomic E-state index is 12.2. The normalized spacial score (nSPS) is 21.9. The van der Waals surface area contributed by atoms with Gasteiger partial charge in [0.15, 0.2) is 6.10 Å². The van der Waals surface area contributed by atoms with Crippen molar-refractivity contribution < 1.29 is 24.2 Å². The second-order valence-electron chi connectivity index (χ2n) is 5.99. The molecule has 0 radical (unpaired) electrons. The highest BCUT2D eigenvalue weighted by Gasteiger charge is 2.35. The van der Waals surface area contributed by atoms with Gasteiger partial charge in [0.05, 0.1) is 12.1 Å². The van der Waals surface area contributed by atoms with E-state index in [-0.39, 0.29) is 18.1 Å². The molecule has 1 aliphatic heterocycles. The van der Waals surface area contributed by atoms with E-state index < -0.39 is 18.2 Å².